The smallest absolute Gasteiger partial charge is 0.489 e. The number of rotatable bonds is 5. The highest BCUT2D eigenvalue weighted by atomic mass is 19.4. The normalized spacial score (nSPS) is 17.2. The summed E-state index contributed by atoms with van der Waals surface area (Å²) < 4.78 is 52.2. The van der Waals surface area contributed by atoms with Crippen LogP contribution in [0.15, 0.2) is 60.8 Å². The number of aromatic nitrogens is 1. The number of carbonyl (C=O) groups excluding carboxylic acids is 1. The van der Waals surface area contributed by atoms with Crippen molar-refractivity contribution in [3.05, 3.63) is 60.8 Å². The zero-order chi connectivity index (χ0) is 21.1. The molecule has 1 atom stereocenters. The van der Waals surface area contributed by atoms with Crippen LogP contribution in [-0.2, 0) is 9.53 Å². The zero-order valence-corrected chi connectivity index (χ0v) is 15.6. The molecular formula is C21H17F3N2O4. The minimum Gasteiger partial charge on any atom is -0.489 e. The highest BCUT2D eigenvalue weighted by molar-refractivity contribution is 5.95. The predicted molar refractivity (Wildman–Crippen MR) is 102 cm³/mol. The third kappa shape index (κ3) is 4.62. The second kappa shape index (κ2) is 8.19. The molecule has 1 aromatic heterocycles. The van der Waals surface area contributed by atoms with Crippen LogP contribution in [0.2, 0.25) is 0 Å². The SMILES string of the molecule is O=C1CO[C@H](COc2cccc3cccnc23)CN1c1ccc(OC(F)(F)F)cc1. The van der Waals surface area contributed by atoms with Crippen molar-refractivity contribution < 1.29 is 32.2 Å². The highest BCUT2D eigenvalue weighted by Gasteiger charge is 2.32. The van der Waals surface area contributed by atoms with Gasteiger partial charge in [0.1, 0.15) is 36.3 Å². The molecule has 0 radical (unpaired) electrons. The van der Waals surface area contributed by atoms with E-state index in [1.807, 2.05) is 24.3 Å². The van der Waals surface area contributed by atoms with Gasteiger partial charge < -0.3 is 19.1 Å². The molecule has 4 rings (SSSR count). The maximum absolute atomic E-state index is 12.3. The fourth-order valence-corrected chi connectivity index (χ4v) is 3.18. The first kappa shape index (κ1) is 20.0. The summed E-state index contributed by atoms with van der Waals surface area (Å²) in [5, 5.41) is 0.942. The van der Waals surface area contributed by atoms with Crippen LogP contribution in [0.5, 0.6) is 11.5 Å². The third-order valence-electron chi connectivity index (χ3n) is 4.53. The lowest BCUT2D eigenvalue weighted by molar-refractivity contribution is -0.274. The Morgan fingerprint density at radius 2 is 1.87 bits per heavy atom. The van der Waals surface area contributed by atoms with Crippen molar-refractivity contribution in [2.24, 2.45) is 0 Å². The molecule has 9 heteroatoms. The lowest BCUT2D eigenvalue weighted by Crippen LogP contribution is -2.48. The zero-order valence-electron chi connectivity index (χ0n) is 15.6. The van der Waals surface area contributed by atoms with Gasteiger partial charge in [-0.25, -0.2) is 0 Å². The van der Waals surface area contributed by atoms with Gasteiger partial charge in [0.05, 0.1) is 6.54 Å². The van der Waals surface area contributed by atoms with E-state index in [0.29, 0.717) is 11.4 Å². The first-order chi connectivity index (χ1) is 14.4. The molecule has 0 spiro atoms. The maximum Gasteiger partial charge on any atom is 0.573 e. The summed E-state index contributed by atoms with van der Waals surface area (Å²) in [6.07, 6.45) is -3.50. The second-order valence-electron chi connectivity index (χ2n) is 6.62. The third-order valence-corrected chi connectivity index (χ3v) is 4.53. The summed E-state index contributed by atoms with van der Waals surface area (Å²) in [6.45, 7) is 0.244. The van der Waals surface area contributed by atoms with E-state index in [1.165, 1.54) is 29.2 Å². The van der Waals surface area contributed by atoms with Crippen LogP contribution < -0.4 is 14.4 Å². The highest BCUT2D eigenvalue weighted by Crippen LogP contribution is 2.27. The van der Waals surface area contributed by atoms with E-state index in [4.69, 9.17) is 9.47 Å². The first-order valence-electron chi connectivity index (χ1n) is 9.13. The molecule has 1 aliphatic rings. The molecule has 2 heterocycles. The molecule has 1 amide bonds. The molecule has 2 aromatic carbocycles. The summed E-state index contributed by atoms with van der Waals surface area (Å²) in [5.41, 5.74) is 1.18. The van der Waals surface area contributed by atoms with Crippen molar-refractivity contribution in [1.82, 2.24) is 4.98 Å². The van der Waals surface area contributed by atoms with E-state index in [2.05, 4.69) is 9.72 Å². The lowest BCUT2D eigenvalue weighted by atomic mass is 10.2. The van der Waals surface area contributed by atoms with Crippen LogP contribution in [0.4, 0.5) is 18.9 Å². The van der Waals surface area contributed by atoms with Crippen molar-refractivity contribution in [2.75, 3.05) is 24.7 Å². The fourth-order valence-electron chi connectivity index (χ4n) is 3.18. The molecule has 1 fully saturated rings. The number of nitrogens with zero attached hydrogens (tertiary/aromatic N) is 2. The van der Waals surface area contributed by atoms with E-state index in [9.17, 15) is 18.0 Å². The van der Waals surface area contributed by atoms with Crippen molar-refractivity contribution in [3.63, 3.8) is 0 Å². The summed E-state index contributed by atoms with van der Waals surface area (Å²) in [7, 11) is 0. The second-order valence-corrected chi connectivity index (χ2v) is 6.62. The van der Waals surface area contributed by atoms with Gasteiger partial charge in [0, 0.05) is 17.3 Å². The van der Waals surface area contributed by atoms with Gasteiger partial charge in [-0.15, -0.1) is 13.2 Å². The number of alkyl halides is 3. The van der Waals surface area contributed by atoms with Gasteiger partial charge in [0.25, 0.3) is 5.91 Å². The monoisotopic (exact) mass is 418 g/mol. The Bertz CT molecular complexity index is 1040. The number of amides is 1. The van der Waals surface area contributed by atoms with Crippen molar-refractivity contribution in [1.29, 1.82) is 0 Å². The Balaban J connectivity index is 1.42. The summed E-state index contributed by atoms with van der Waals surface area (Å²) in [4.78, 5) is 18.0. The molecule has 0 unspecified atom stereocenters. The quantitative estimate of drug-likeness (QED) is 0.628. The Morgan fingerprint density at radius 3 is 2.63 bits per heavy atom. The lowest BCUT2D eigenvalue weighted by Gasteiger charge is -2.32. The van der Waals surface area contributed by atoms with Crippen LogP contribution in [0.3, 0.4) is 0 Å². The molecule has 0 saturated carbocycles. The number of ether oxygens (including phenoxy) is 3. The van der Waals surface area contributed by atoms with Gasteiger partial charge in [-0.05, 0) is 36.4 Å². The van der Waals surface area contributed by atoms with E-state index in [1.54, 1.807) is 12.3 Å². The standard InChI is InChI=1S/C21H17F3N2O4/c22-21(23,24)30-16-8-6-15(7-9-16)26-11-17(28-13-19(26)27)12-29-18-5-1-3-14-4-2-10-25-20(14)18/h1-10,17H,11-13H2/t17-/m0/s1. The Labute approximate surface area is 169 Å². The van der Waals surface area contributed by atoms with E-state index >= 15 is 0 Å². The molecular weight excluding hydrogens is 401 g/mol. The van der Waals surface area contributed by atoms with Crippen LogP contribution in [0.25, 0.3) is 10.9 Å². The average Bonchev–Trinajstić information content (AvgIpc) is 2.73. The minimum absolute atomic E-state index is 0.150. The molecule has 0 aliphatic carbocycles. The molecule has 1 saturated heterocycles. The van der Waals surface area contributed by atoms with Crippen LogP contribution in [0.1, 0.15) is 0 Å². The number of halogens is 3. The average molecular weight is 418 g/mol. The van der Waals surface area contributed by atoms with Gasteiger partial charge in [-0.2, -0.15) is 0 Å². The predicted octanol–water partition coefficient (Wildman–Crippen LogP) is 3.94. The number of anilines is 1. The molecule has 0 N–H and O–H groups in total. The summed E-state index contributed by atoms with van der Waals surface area (Å²) in [5.74, 6) is -0.0355. The van der Waals surface area contributed by atoms with E-state index < -0.39 is 12.5 Å². The number of hydrogen-bond donors (Lipinski definition) is 0. The van der Waals surface area contributed by atoms with Crippen LogP contribution in [-0.4, -0.2) is 43.1 Å². The maximum atomic E-state index is 12.3. The van der Waals surface area contributed by atoms with Gasteiger partial charge in [-0.1, -0.05) is 18.2 Å². The number of carbonyl (C=O) groups is 1. The molecule has 1 aliphatic heterocycles. The van der Waals surface area contributed by atoms with Gasteiger partial charge in [-0.3, -0.25) is 9.78 Å². The molecule has 156 valence electrons. The van der Waals surface area contributed by atoms with Gasteiger partial charge in [0.15, 0.2) is 0 Å². The number of benzene rings is 2. The Morgan fingerprint density at radius 1 is 1.10 bits per heavy atom. The number of pyridine rings is 1. The first-order valence-corrected chi connectivity index (χ1v) is 9.13. The van der Waals surface area contributed by atoms with E-state index in [-0.39, 0.29) is 31.4 Å². The van der Waals surface area contributed by atoms with Crippen molar-refractivity contribution >= 4 is 22.5 Å². The van der Waals surface area contributed by atoms with Crippen LogP contribution >= 0.6 is 0 Å². The molecule has 30 heavy (non-hydrogen) atoms. The van der Waals surface area contributed by atoms with Crippen molar-refractivity contribution in [3.8, 4) is 11.5 Å². The number of para-hydroxylation sites is 1. The molecule has 3 aromatic rings. The number of hydrogen-bond acceptors (Lipinski definition) is 5. The number of morpholine rings is 1. The van der Waals surface area contributed by atoms with Gasteiger partial charge in [0.2, 0.25) is 0 Å². The summed E-state index contributed by atoms with van der Waals surface area (Å²) >= 11 is 0. The number of fused-ring (bicyclic) bond motifs is 1. The minimum atomic E-state index is -4.77. The Hall–Kier alpha value is -3.33. The summed E-state index contributed by atoms with van der Waals surface area (Å²) in [6, 6.07) is 14.5. The van der Waals surface area contributed by atoms with Crippen LogP contribution in [0, 0.1) is 0 Å². The van der Waals surface area contributed by atoms with Gasteiger partial charge >= 0.3 is 6.36 Å². The Kier molecular flexibility index (Phi) is 5.45. The molecule has 6 nitrogen and oxygen atoms in total. The van der Waals surface area contributed by atoms with E-state index in [0.717, 1.165) is 10.9 Å². The topological polar surface area (TPSA) is 60.9 Å². The largest absolute Gasteiger partial charge is 0.573 e. The van der Waals surface area contributed by atoms with Crippen molar-refractivity contribution in [2.45, 2.75) is 12.5 Å². The molecule has 0 bridgehead atoms. The fraction of sp³-hybridized carbons (Fsp3) is 0.238.